The molecule has 0 amide bonds. The average Bonchev–Trinajstić information content (AvgIpc) is 2.04. The van der Waals surface area contributed by atoms with Crippen molar-refractivity contribution < 1.29 is 20.0 Å². The lowest BCUT2D eigenvalue weighted by Gasteiger charge is -1.92. The SMILES string of the molecule is CCC/C=C/C=C(\OO)C(=O)O. The van der Waals surface area contributed by atoms with E-state index in [9.17, 15) is 4.79 Å². The van der Waals surface area contributed by atoms with Crippen LogP contribution >= 0.6 is 0 Å². The van der Waals surface area contributed by atoms with E-state index in [1.54, 1.807) is 6.08 Å². The number of carbonyl (C=O) groups is 1. The minimum absolute atomic E-state index is 0.484. The van der Waals surface area contributed by atoms with Crippen LogP contribution in [0.1, 0.15) is 19.8 Å². The number of unbranched alkanes of at least 4 members (excludes halogenated alkanes) is 1. The third kappa shape index (κ3) is 4.51. The van der Waals surface area contributed by atoms with Gasteiger partial charge in [0.2, 0.25) is 5.76 Å². The Bertz CT molecular complexity index is 193. The standard InChI is InChI=1S/C8H12O4/c1-2-3-4-5-6-7(12-11)8(9)10/h4-6,11H,2-3H2,1H3,(H,9,10)/b5-4+,7-6-. The van der Waals surface area contributed by atoms with E-state index in [1.165, 1.54) is 12.2 Å². The summed E-state index contributed by atoms with van der Waals surface area (Å²) in [6, 6.07) is 0. The molecule has 12 heavy (non-hydrogen) atoms. The van der Waals surface area contributed by atoms with Crippen molar-refractivity contribution in [3.8, 4) is 0 Å². The van der Waals surface area contributed by atoms with Crippen LogP contribution < -0.4 is 0 Å². The minimum Gasteiger partial charge on any atom is -0.475 e. The molecule has 0 aliphatic carbocycles. The molecular formula is C8H12O4. The monoisotopic (exact) mass is 172 g/mol. The van der Waals surface area contributed by atoms with Gasteiger partial charge in [0, 0.05) is 0 Å². The van der Waals surface area contributed by atoms with Crippen molar-refractivity contribution in [2.75, 3.05) is 0 Å². The molecule has 0 saturated carbocycles. The third-order valence-corrected chi connectivity index (χ3v) is 1.15. The van der Waals surface area contributed by atoms with Gasteiger partial charge in [-0.05, 0) is 12.5 Å². The smallest absolute Gasteiger partial charge is 0.375 e. The Labute approximate surface area is 70.7 Å². The number of hydrogen-bond acceptors (Lipinski definition) is 3. The fourth-order valence-electron chi connectivity index (χ4n) is 0.559. The van der Waals surface area contributed by atoms with Crippen molar-refractivity contribution in [2.24, 2.45) is 0 Å². The van der Waals surface area contributed by atoms with Crippen LogP contribution in [0.25, 0.3) is 0 Å². The first-order valence-electron chi connectivity index (χ1n) is 3.64. The fourth-order valence-corrected chi connectivity index (χ4v) is 0.559. The summed E-state index contributed by atoms with van der Waals surface area (Å²) in [7, 11) is 0. The molecule has 0 aromatic rings. The van der Waals surface area contributed by atoms with Crippen molar-refractivity contribution in [3.05, 3.63) is 24.0 Å². The third-order valence-electron chi connectivity index (χ3n) is 1.15. The zero-order chi connectivity index (χ0) is 9.40. The van der Waals surface area contributed by atoms with E-state index in [0.717, 1.165) is 12.8 Å². The predicted molar refractivity (Wildman–Crippen MR) is 43.5 cm³/mol. The highest BCUT2D eigenvalue weighted by atomic mass is 17.1. The number of aliphatic carboxylic acids is 1. The van der Waals surface area contributed by atoms with Crippen LogP contribution in [0.3, 0.4) is 0 Å². The van der Waals surface area contributed by atoms with Gasteiger partial charge in [-0.25, -0.2) is 10.1 Å². The molecule has 0 fully saturated rings. The summed E-state index contributed by atoms with van der Waals surface area (Å²) in [6.45, 7) is 2.01. The first-order valence-corrected chi connectivity index (χ1v) is 3.64. The Balaban J connectivity index is 4.02. The number of hydrogen-bond donors (Lipinski definition) is 2. The Morgan fingerprint density at radius 2 is 2.25 bits per heavy atom. The number of carboxylic acids is 1. The summed E-state index contributed by atoms with van der Waals surface area (Å²) < 4.78 is 0. The maximum Gasteiger partial charge on any atom is 0.375 e. The van der Waals surface area contributed by atoms with Crippen molar-refractivity contribution in [1.29, 1.82) is 0 Å². The van der Waals surface area contributed by atoms with Gasteiger partial charge in [0.25, 0.3) is 0 Å². The zero-order valence-corrected chi connectivity index (χ0v) is 6.86. The van der Waals surface area contributed by atoms with Gasteiger partial charge in [-0.2, -0.15) is 0 Å². The van der Waals surface area contributed by atoms with Crippen LogP contribution in [0.15, 0.2) is 24.0 Å². The number of rotatable bonds is 5. The molecule has 0 aromatic carbocycles. The van der Waals surface area contributed by atoms with Crippen LogP contribution in [0.5, 0.6) is 0 Å². The summed E-state index contributed by atoms with van der Waals surface area (Å²) in [5.41, 5.74) is 0. The highest BCUT2D eigenvalue weighted by Gasteiger charge is 2.05. The predicted octanol–water partition coefficient (Wildman–Crippen LogP) is 1.80. The molecule has 4 nitrogen and oxygen atoms in total. The van der Waals surface area contributed by atoms with Gasteiger partial charge < -0.3 is 9.99 Å². The zero-order valence-electron chi connectivity index (χ0n) is 6.86. The van der Waals surface area contributed by atoms with Gasteiger partial charge in [-0.3, -0.25) is 0 Å². The highest BCUT2D eigenvalue weighted by Crippen LogP contribution is 1.96. The maximum absolute atomic E-state index is 10.2. The van der Waals surface area contributed by atoms with Crippen molar-refractivity contribution in [3.63, 3.8) is 0 Å². The van der Waals surface area contributed by atoms with E-state index in [-0.39, 0.29) is 0 Å². The topological polar surface area (TPSA) is 66.8 Å². The lowest BCUT2D eigenvalue weighted by Crippen LogP contribution is -2.01. The lowest BCUT2D eigenvalue weighted by atomic mass is 10.3. The Hall–Kier alpha value is -1.29. The second-order valence-corrected chi connectivity index (χ2v) is 2.14. The van der Waals surface area contributed by atoms with E-state index >= 15 is 0 Å². The van der Waals surface area contributed by atoms with Gasteiger partial charge in [0.05, 0.1) is 0 Å². The second-order valence-electron chi connectivity index (χ2n) is 2.14. The molecule has 0 unspecified atom stereocenters. The molecule has 0 spiro atoms. The molecule has 4 heteroatoms. The van der Waals surface area contributed by atoms with E-state index in [2.05, 4.69) is 4.89 Å². The van der Waals surface area contributed by atoms with Gasteiger partial charge >= 0.3 is 5.97 Å². The maximum atomic E-state index is 10.2. The average molecular weight is 172 g/mol. The van der Waals surface area contributed by atoms with Crippen LogP contribution in [0.2, 0.25) is 0 Å². The fraction of sp³-hybridized carbons (Fsp3) is 0.375. The van der Waals surface area contributed by atoms with Gasteiger partial charge in [-0.1, -0.05) is 25.5 Å². The van der Waals surface area contributed by atoms with Gasteiger partial charge in [0.15, 0.2) is 0 Å². The van der Waals surface area contributed by atoms with E-state index in [0.29, 0.717) is 0 Å². The molecule has 0 aliphatic heterocycles. The summed E-state index contributed by atoms with van der Waals surface area (Å²) in [4.78, 5) is 13.8. The number of allylic oxidation sites excluding steroid dienone is 3. The minimum atomic E-state index is -1.29. The lowest BCUT2D eigenvalue weighted by molar-refractivity contribution is -0.210. The van der Waals surface area contributed by atoms with Gasteiger partial charge in [0.1, 0.15) is 0 Å². The quantitative estimate of drug-likeness (QED) is 0.218. The van der Waals surface area contributed by atoms with Crippen molar-refractivity contribution >= 4 is 5.97 Å². The first-order chi connectivity index (χ1) is 5.72. The summed E-state index contributed by atoms with van der Waals surface area (Å²) in [6.07, 6.45) is 6.38. The van der Waals surface area contributed by atoms with E-state index in [4.69, 9.17) is 10.4 Å². The van der Waals surface area contributed by atoms with E-state index in [1.807, 2.05) is 6.92 Å². The molecule has 2 N–H and O–H groups in total. The van der Waals surface area contributed by atoms with Crippen LogP contribution in [-0.4, -0.2) is 16.3 Å². The molecule has 0 saturated heterocycles. The van der Waals surface area contributed by atoms with Crippen LogP contribution in [0, 0.1) is 0 Å². The van der Waals surface area contributed by atoms with Crippen LogP contribution in [-0.2, 0) is 9.68 Å². The number of carboxylic acid groups (broad SMARTS) is 1. The molecule has 0 rings (SSSR count). The molecule has 0 atom stereocenters. The molecule has 0 aromatic heterocycles. The highest BCUT2D eigenvalue weighted by molar-refractivity contribution is 5.84. The van der Waals surface area contributed by atoms with Crippen molar-refractivity contribution in [1.82, 2.24) is 0 Å². The molecular weight excluding hydrogens is 160 g/mol. The molecule has 0 radical (unpaired) electrons. The Morgan fingerprint density at radius 3 is 2.67 bits per heavy atom. The normalized spacial score (nSPS) is 12.0. The molecule has 68 valence electrons. The van der Waals surface area contributed by atoms with Crippen molar-refractivity contribution in [2.45, 2.75) is 19.8 Å². The second kappa shape index (κ2) is 6.42. The van der Waals surface area contributed by atoms with Crippen LogP contribution in [0.4, 0.5) is 0 Å². The largest absolute Gasteiger partial charge is 0.475 e. The molecule has 0 bridgehead atoms. The molecule has 0 aliphatic rings. The summed E-state index contributed by atoms with van der Waals surface area (Å²) in [5.74, 6) is -1.78. The first kappa shape index (κ1) is 10.7. The summed E-state index contributed by atoms with van der Waals surface area (Å²) >= 11 is 0. The summed E-state index contributed by atoms with van der Waals surface area (Å²) in [5, 5.41) is 16.4. The van der Waals surface area contributed by atoms with E-state index < -0.39 is 11.7 Å². The Kier molecular flexibility index (Phi) is 5.73. The molecule has 0 heterocycles. The Morgan fingerprint density at radius 1 is 1.58 bits per heavy atom. The van der Waals surface area contributed by atoms with Gasteiger partial charge in [-0.15, -0.1) is 0 Å².